The lowest BCUT2D eigenvalue weighted by atomic mass is 10.1. The number of nitrogens with zero attached hydrogens (tertiary/aromatic N) is 2. The van der Waals surface area contributed by atoms with Crippen LogP contribution in [0.4, 0.5) is 5.69 Å². The van der Waals surface area contributed by atoms with E-state index in [0.29, 0.717) is 43.4 Å². The van der Waals surface area contributed by atoms with Crippen molar-refractivity contribution in [2.24, 2.45) is 0 Å². The lowest BCUT2D eigenvalue weighted by Gasteiger charge is -2.27. The van der Waals surface area contributed by atoms with Gasteiger partial charge >= 0.3 is 0 Å². The van der Waals surface area contributed by atoms with E-state index < -0.39 is 0 Å². The second-order valence-electron chi connectivity index (χ2n) is 7.74. The predicted molar refractivity (Wildman–Crippen MR) is 112 cm³/mol. The zero-order chi connectivity index (χ0) is 20.2. The molecule has 1 amide bonds. The van der Waals surface area contributed by atoms with Crippen molar-refractivity contribution in [1.29, 1.82) is 0 Å². The number of hydrogen-bond donors (Lipinski definition) is 0. The fourth-order valence-electron chi connectivity index (χ4n) is 3.73. The lowest BCUT2D eigenvalue weighted by molar-refractivity contribution is 0.0506. The summed E-state index contributed by atoms with van der Waals surface area (Å²) in [6, 6.07) is 13.7. The molecule has 6 heteroatoms. The number of fused-ring (bicyclic) bond motifs is 1. The van der Waals surface area contributed by atoms with E-state index in [-0.39, 0.29) is 12.0 Å². The van der Waals surface area contributed by atoms with E-state index in [1.54, 1.807) is 6.07 Å². The minimum atomic E-state index is -0.0193. The number of carbonyl (C=O) groups excluding carboxylic acids is 1. The molecular formula is C23H28N2O4. The monoisotopic (exact) mass is 396 g/mol. The summed E-state index contributed by atoms with van der Waals surface area (Å²) in [5, 5.41) is 0. The first kappa shape index (κ1) is 19.6. The van der Waals surface area contributed by atoms with Crippen molar-refractivity contribution in [3.63, 3.8) is 0 Å². The molecule has 1 fully saturated rings. The Balaban J connectivity index is 1.55. The molecule has 29 heavy (non-hydrogen) atoms. The summed E-state index contributed by atoms with van der Waals surface area (Å²) in [7, 11) is 4.04. The third-order valence-electron chi connectivity index (χ3n) is 5.35. The van der Waals surface area contributed by atoms with E-state index in [2.05, 4.69) is 29.2 Å². The fraction of sp³-hybridized carbons (Fsp3) is 0.435. The highest BCUT2D eigenvalue weighted by Crippen LogP contribution is 2.31. The summed E-state index contributed by atoms with van der Waals surface area (Å²) in [6.07, 6.45) is 2.14. The van der Waals surface area contributed by atoms with Gasteiger partial charge in [0, 0.05) is 45.0 Å². The standard InChI is InChI=1S/C23H28N2O4/c1-24(2)19-8-5-17(6-9-19)15-25(16-20-4-3-11-27-20)23(26)18-7-10-21-22(14-18)29-13-12-28-21/h5-10,14,20H,3-4,11-13,15-16H2,1-2H3. The van der Waals surface area contributed by atoms with Gasteiger partial charge in [-0.3, -0.25) is 4.79 Å². The first-order valence-corrected chi connectivity index (χ1v) is 10.2. The second-order valence-corrected chi connectivity index (χ2v) is 7.74. The molecule has 0 aliphatic carbocycles. The maximum absolute atomic E-state index is 13.4. The maximum Gasteiger partial charge on any atom is 0.254 e. The summed E-state index contributed by atoms with van der Waals surface area (Å²) in [5.41, 5.74) is 2.84. The number of ether oxygens (including phenoxy) is 3. The van der Waals surface area contributed by atoms with Crippen LogP contribution in [0.25, 0.3) is 0 Å². The van der Waals surface area contributed by atoms with Crippen LogP contribution < -0.4 is 14.4 Å². The third kappa shape index (κ3) is 4.65. The Morgan fingerprint density at radius 2 is 1.76 bits per heavy atom. The Morgan fingerprint density at radius 3 is 2.45 bits per heavy atom. The highest BCUT2D eigenvalue weighted by atomic mass is 16.6. The summed E-state index contributed by atoms with van der Waals surface area (Å²) < 4.78 is 17.0. The third-order valence-corrected chi connectivity index (χ3v) is 5.35. The average Bonchev–Trinajstić information content (AvgIpc) is 3.26. The first-order chi connectivity index (χ1) is 14.1. The summed E-state index contributed by atoms with van der Waals surface area (Å²) >= 11 is 0. The topological polar surface area (TPSA) is 51.2 Å². The number of hydrogen-bond acceptors (Lipinski definition) is 5. The number of amides is 1. The Hall–Kier alpha value is -2.73. The van der Waals surface area contributed by atoms with Gasteiger partial charge in [-0.15, -0.1) is 0 Å². The van der Waals surface area contributed by atoms with Crippen LogP contribution in [0.2, 0.25) is 0 Å². The molecule has 0 bridgehead atoms. The van der Waals surface area contributed by atoms with Crippen LogP contribution in [0.1, 0.15) is 28.8 Å². The van der Waals surface area contributed by atoms with E-state index in [9.17, 15) is 4.79 Å². The Morgan fingerprint density at radius 1 is 1.00 bits per heavy atom. The van der Waals surface area contributed by atoms with Crippen LogP contribution in [0.5, 0.6) is 11.5 Å². The van der Waals surface area contributed by atoms with E-state index in [1.807, 2.05) is 31.1 Å². The van der Waals surface area contributed by atoms with Crippen molar-refractivity contribution in [2.45, 2.75) is 25.5 Å². The van der Waals surface area contributed by atoms with Crippen LogP contribution in [0.15, 0.2) is 42.5 Å². The molecule has 0 aromatic heterocycles. The zero-order valence-corrected chi connectivity index (χ0v) is 17.1. The van der Waals surface area contributed by atoms with Gasteiger partial charge in [0.25, 0.3) is 5.91 Å². The molecule has 0 radical (unpaired) electrons. The van der Waals surface area contributed by atoms with Crippen LogP contribution >= 0.6 is 0 Å². The minimum absolute atomic E-state index is 0.0193. The summed E-state index contributed by atoms with van der Waals surface area (Å²) in [4.78, 5) is 17.3. The Labute approximate surface area is 172 Å². The number of carbonyl (C=O) groups is 1. The van der Waals surface area contributed by atoms with Crippen LogP contribution in [-0.4, -0.2) is 57.4 Å². The van der Waals surface area contributed by atoms with Gasteiger partial charge in [-0.05, 0) is 48.7 Å². The largest absolute Gasteiger partial charge is 0.486 e. The van der Waals surface area contributed by atoms with Gasteiger partial charge in [0.05, 0.1) is 6.10 Å². The van der Waals surface area contributed by atoms with Gasteiger partial charge in [0.15, 0.2) is 11.5 Å². The molecule has 0 N–H and O–H groups in total. The van der Waals surface area contributed by atoms with Crippen molar-refractivity contribution in [2.75, 3.05) is 45.4 Å². The van der Waals surface area contributed by atoms with Crippen molar-refractivity contribution >= 4 is 11.6 Å². The van der Waals surface area contributed by atoms with Gasteiger partial charge in [-0.1, -0.05) is 12.1 Å². The number of rotatable bonds is 6. The Bertz CT molecular complexity index is 844. The maximum atomic E-state index is 13.4. The second kappa shape index (κ2) is 8.74. The quantitative estimate of drug-likeness (QED) is 0.750. The van der Waals surface area contributed by atoms with Gasteiger partial charge in [0.2, 0.25) is 0 Å². The molecule has 0 spiro atoms. The molecule has 0 saturated carbocycles. The highest BCUT2D eigenvalue weighted by molar-refractivity contribution is 5.95. The zero-order valence-electron chi connectivity index (χ0n) is 17.1. The van der Waals surface area contributed by atoms with E-state index in [1.165, 1.54) is 0 Å². The molecule has 2 aliphatic heterocycles. The van der Waals surface area contributed by atoms with Crippen LogP contribution in [0, 0.1) is 0 Å². The Kier molecular flexibility index (Phi) is 5.90. The summed E-state index contributed by atoms with van der Waals surface area (Å²) in [5.74, 6) is 1.31. The molecule has 6 nitrogen and oxygen atoms in total. The molecule has 1 saturated heterocycles. The number of anilines is 1. The molecule has 1 atom stereocenters. The van der Waals surface area contributed by atoms with Crippen molar-refractivity contribution in [3.8, 4) is 11.5 Å². The normalized spacial score (nSPS) is 17.8. The lowest BCUT2D eigenvalue weighted by Crippen LogP contribution is -2.37. The minimum Gasteiger partial charge on any atom is -0.486 e. The molecule has 1 unspecified atom stereocenters. The number of benzene rings is 2. The molecule has 2 heterocycles. The SMILES string of the molecule is CN(C)c1ccc(CN(CC2CCCO2)C(=O)c2ccc3c(c2)OCCO3)cc1. The van der Waals surface area contributed by atoms with E-state index in [0.717, 1.165) is 30.7 Å². The smallest absolute Gasteiger partial charge is 0.254 e. The fourth-order valence-corrected chi connectivity index (χ4v) is 3.73. The van der Waals surface area contributed by atoms with Crippen LogP contribution in [-0.2, 0) is 11.3 Å². The molecule has 2 aromatic carbocycles. The van der Waals surface area contributed by atoms with Crippen molar-refractivity contribution in [1.82, 2.24) is 4.90 Å². The van der Waals surface area contributed by atoms with Crippen molar-refractivity contribution in [3.05, 3.63) is 53.6 Å². The van der Waals surface area contributed by atoms with Gasteiger partial charge in [-0.25, -0.2) is 0 Å². The molecule has 2 aliphatic rings. The van der Waals surface area contributed by atoms with Gasteiger partial charge in [-0.2, -0.15) is 0 Å². The van der Waals surface area contributed by atoms with Crippen molar-refractivity contribution < 1.29 is 19.0 Å². The van der Waals surface area contributed by atoms with E-state index in [4.69, 9.17) is 14.2 Å². The molecule has 4 rings (SSSR count). The molecule has 154 valence electrons. The van der Waals surface area contributed by atoms with E-state index >= 15 is 0 Å². The van der Waals surface area contributed by atoms with Gasteiger partial charge < -0.3 is 24.0 Å². The molecule has 2 aromatic rings. The summed E-state index contributed by atoms with van der Waals surface area (Å²) in [6.45, 7) is 2.94. The average molecular weight is 396 g/mol. The highest BCUT2D eigenvalue weighted by Gasteiger charge is 2.25. The van der Waals surface area contributed by atoms with Gasteiger partial charge in [0.1, 0.15) is 13.2 Å². The van der Waals surface area contributed by atoms with Crippen LogP contribution in [0.3, 0.4) is 0 Å². The molecular weight excluding hydrogens is 368 g/mol. The predicted octanol–water partition coefficient (Wildman–Crippen LogP) is 3.35. The first-order valence-electron chi connectivity index (χ1n) is 10.2.